The lowest BCUT2D eigenvalue weighted by Gasteiger charge is -2.35. The fourth-order valence-electron chi connectivity index (χ4n) is 3.59. The lowest BCUT2D eigenvalue weighted by molar-refractivity contribution is 0.383. The van der Waals surface area contributed by atoms with E-state index in [0.717, 1.165) is 22.3 Å². The molecular weight excluding hydrogens is 377 g/mol. The number of para-hydroxylation sites is 1. The number of aromatic nitrogens is 1. The molecule has 3 aromatic rings. The first-order valence-corrected chi connectivity index (χ1v) is 10.9. The SMILES string of the molecule is Cc1cc2ccccc2nc1N1CCN(S(=O)(=O)Cc2ccc(F)cc2)CC1. The second-order valence-electron chi connectivity index (χ2n) is 7.09. The van der Waals surface area contributed by atoms with E-state index in [9.17, 15) is 12.8 Å². The fraction of sp³-hybridized carbons (Fsp3) is 0.286. The summed E-state index contributed by atoms with van der Waals surface area (Å²) < 4.78 is 40.0. The monoisotopic (exact) mass is 399 g/mol. The van der Waals surface area contributed by atoms with Crippen LogP contribution >= 0.6 is 0 Å². The summed E-state index contributed by atoms with van der Waals surface area (Å²) in [6, 6.07) is 15.7. The number of nitrogens with zero attached hydrogens (tertiary/aromatic N) is 3. The number of piperazine rings is 1. The van der Waals surface area contributed by atoms with Crippen molar-refractivity contribution in [1.82, 2.24) is 9.29 Å². The molecule has 1 aliphatic heterocycles. The number of hydrogen-bond acceptors (Lipinski definition) is 4. The van der Waals surface area contributed by atoms with Crippen molar-refractivity contribution < 1.29 is 12.8 Å². The van der Waals surface area contributed by atoms with Crippen molar-refractivity contribution in [3.05, 3.63) is 71.5 Å². The minimum atomic E-state index is -3.44. The van der Waals surface area contributed by atoms with Gasteiger partial charge in [0.25, 0.3) is 0 Å². The molecule has 7 heteroatoms. The van der Waals surface area contributed by atoms with E-state index < -0.39 is 10.0 Å². The van der Waals surface area contributed by atoms with Crippen LogP contribution in [0.4, 0.5) is 10.2 Å². The van der Waals surface area contributed by atoms with Gasteiger partial charge < -0.3 is 4.90 Å². The number of pyridine rings is 1. The van der Waals surface area contributed by atoms with Gasteiger partial charge in [0.1, 0.15) is 11.6 Å². The Bertz CT molecular complexity index is 1090. The maximum absolute atomic E-state index is 13.0. The third-order valence-electron chi connectivity index (χ3n) is 5.08. The van der Waals surface area contributed by atoms with Crippen LogP contribution in [0, 0.1) is 12.7 Å². The van der Waals surface area contributed by atoms with Crippen LogP contribution in [0.15, 0.2) is 54.6 Å². The Morgan fingerprint density at radius 1 is 1.00 bits per heavy atom. The molecule has 2 heterocycles. The van der Waals surface area contributed by atoms with Gasteiger partial charge in [-0.2, -0.15) is 4.31 Å². The number of aryl methyl sites for hydroxylation is 1. The Morgan fingerprint density at radius 2 is 1.68 bits per heavy atom. The predicted octanol–water partition coefficient (Wildman–Crippen LogP) is 3.33. The van der Waals surface area contributed by atoms with Gasteiger partial charge in [-0.15, -0.1) is 0 Å². The van der Waals surface area contributed by atoms with Crippen molar-refractivity contribution in [3.8, 4) is 0 Å². The average molecular weight is 399 g/mol. The quantitative estimate of drug-likeness (QED) is 0.675. The summed E-state index contributed by atoms with van der Waals surface area (Å²) in [7, 11) is -3.44. The molecule has 0 bridgehead atoms. The van der Waals surface area contributed by atoms with Crippen molar-refractivity contribution in [2.24, 2.45) is 0 Å². The molecule has 1 fully saturated rings. The highest BCUT2D eigenvalue weighted by atomic mass is 32.2. The molecule has 4 rings (SSSR count). The zero-order valence-corrected chi connectivity index (χ0v) is 16.5. The predicted molar refractivity (Wildman–Crippen MR) is 109 cm³/mol. The molecule has 0 spiro atoms. The number of rotatable bonds is 4. The molecule has 1 saturated heterocycles. The minimum Gasteiger partial charge on any atom is -0.354 e. The zero-order valence-electron chi connectivity index (χ0n) is 15.7. The van der Waals surface area contributed by atoms with Gasteiger partial charge in [0.15, 0.2) is 0 Å². The smallest absolute Gasteiger partial charge is 0.218 e. The first-order valence-electron chi connectivity index (χ1n) is 9.26. The summed E-state index contributed by atoms with van der Waals surface area (Å²) in [5.74, 6) is 0.433. The molecular formula is C21H22FN3O2S. The number of hydrogen-bond donors (Lipinski definition) is 0. The highest BCUT2D eigenvalue weighted by molar-refractivity contribution is 7.88. The second-order valence-corrected chi connectivity index (χ2v) is 9.06. The first-order chi connectivity index (χ1) is 13.4. The van der Waals surface area contributed by atoms with Gasteiger partial charge in [-0.05, 0) is 42.3 Å². The van der Waals surface area contributed by atoms with E-state index in [1.54, 1.807) is 0 Å². The Kier molecular flexibility index (Phi) is 5.03. The van der Waals surface area contributed by atoms with Crippen molar-refractivity contribution in [2.45, 2.75) is 12.7 Å². The summed E-state index contributed by atoms with van der Waals surface area (Å²) in [5, 5.41) is 1.10. The number of fused-ring (bicyclic) bond motifs is 1. The van der Waals surface area contributed by atoms with E-state index in [2.05, 4.69) is 11.0 Å². The maximum Gasteiger partial charge on any atom is 0.218 e. The first kappa shape index (κ1) is 18.8. The Hall–Kier alpha value is -2.51. The molecule has 1 aliphatic rings. The van der Waals surface area contributed by atoms with Crippen LogP contribution in [0.2, 0.25) is 0 Å². The molecule has 146 valence electrons. The molecule has 0 aliphatic carbocycles. The van der Waals surface area contributed by atoms with Crippen LogP contribution in [0.5, 0.6) is 0 Å². The highest BCUT2D eigenvalue weighted by Crippen LogP contribution is 2.24. The van der Waals surface area contributed by atoms with E-state index in [1.165, 1.54) is 28.6 Å². The Balaban J connectivity index is 1.47. The summed E-state index contributed by atoms with van der Waals surface area (Å²) in [4.78, 5) is 6.93. The molecule has 1 aromatic heterocycles. The maximum atomic E-state index is 13.0. The van der Waals surface area contributed by atoms with Crippen LogP contribution in [0.1, 0.15) is 11.1 Å². The van der Waals surface area contributed by atoms with Crippen LogP contribution in [0.3, 0.4) is 0 Å². The number of halogens is 1. The van der Waals surface area contributed by atoms with Gasteiger partial charge in [-0.25, -0.2) is 17.8 Å². The van der Waals surface area contributed by atoms with E-state index in [1.807, 2.05) is 31.2 Å². The summed E-state index contributed by atoms with van der Waals surface area (Å²) >= 11 is 0. The molecule has 5 nitrogen and oxygen atoms in total. The van der Waals surface area contributed by atoms with Gasteiger partial charge >= 0.3 is 0 Å². The number of anilines is 1. The highest BCUT2D eigenvalue weighted by Gasteiger charge is 2.28. The van der Waals surface area contributed by atoms with Gasteiger partial charge in [-0.1, -0.05) is 30.3 Å². The lowest BCUT2D eigenvalue weighted by Crippen LogP contribution is -2.49. The van der Waals surface area contributed by atoms with Crippen LogP contribution < -0.4 is 4.90 Å². The molecule has 0 saturated carbocycles. The summed E-state index contributed by atoms with van der Waals surface area (Å²) in [6.07, 6.45) is 0. The van der Waals surface area contributed by atoms with Crippen molar-refractivity contribution in [1.29, 1.82) is 0 Å². The largest absolute Gasteiger partial charge is 0.354 e. The normalized spacial score (nSPS) is 15.9. The molecule has 0 N–H and O–H groups in total. The Labute approximate surface area is 164 Å². The average Bonchev–Trinajstić information content (AvgIpc) is 2.69. The van der Waals surface area contributed by atoms with Gasteiger partial charge in [-0.3, -0.25) is 0 Å². The van der Waals surface area contributed by atoms with E-state index in [0.29, 0.717) is 31.7 Å². The standard InChI is InChI=1S/C21H22FN3O2S/c1-16-14-18-4-2-3-5-20(18)23-21(16)24-10-12-25(13-11-24)28(26,27)15-17-6-8-19(22)9-7-17/h2-9,14H,10-13,15H2,1H3. The van der Waals surface area contributed by atoms with Crippen LogP contribution in [-0.4, -0.2) is 43.9 Å². The van der Waals surface area contributed by atoms with Crippen LogP contribution in [0.25, 0.3) is 10.9 Å². The third kappa shape index (κ3) is 3.86. The molecule has 28 heavy (non-hydrogen) atoms. The van der Waals surface area contributed by atoms with E-state index in [4.69, 9.17) is 4.98 Å². The third-order valence-corrected chi connectivity index (χ3v) is 6.93. The number of benzene rings is 2. The van der Waals surface area contributed by atoms with Crippen molar-refractivity contribution >= 4 is 26.7 Å². The zero-order chi connectivity index (χ0) is 19.7. The van der Waals surface area contributed by atoms with E-state index >= 15 is 0 Å². The minimum absolute atomic E-state index is 0.111. The molecule has 2 aromatic carbocycles. The van der Waals surface area contributed by atoms with Gasteiger partial charge in [0.2, 0.25) is 10.0 Å². The van der Waals surface area contributed by atoms with Gasteiger partial charge in [0.05, 0.1) is 11.3 Å². The lowest BCUT2D eigenvalue weighted by atomic mass is 10.1. The van der Waals surface area contributed by atoms with Crippen LogP contribution in [-0.2, 0) is 15.8 Å². The van der Waals surface area contributed by atoms with Crippen molar-refractivity contribution in [2.75, 3.05) is 31.1 Å². The summed E-state index contributed by atoms with van der Waals surface area (Å²) in [5.41, 5.74) is 2.62. The van der Waals surface area contributed by atoms with E-state index in [-0.39, 0.29) is 11.6 Å². The topological polar surface area (TPSA) is 53.5 Å². The molecule has 0 amide bonds. The number of sulfonamides is 1. The molecule has 0 unspecified atom stereocenters. The second kappa shape index (κ2) is 7.48. The molecule has 0 atom stereocenters. The van der Waals surface area contributed by atoms with Gasteiger partial charge in [0, 0.05) is 31.6 Å². The molecule has 0 radical (unpaired) electrons. The Morgan fingerprint density at radius 3 is 2.39 bits per heavy atom. The van der Waals surface area contributed by atoms with Crippen molar-refractivity contribution in [3.63, 3.8) is 0 Å². The fourth-order valence-corrected chi connectivity index (χ4v) is 5.11. The summed E-state index contributed by atoms with van der Waals surface area (Å²) in [6.45, 7) is 4.05.